The first-order valence-electron chi connectivity index (χ1n) is 6.22. The number of benzene rings is 1. The lowest BCUT2D eigenvalue weighted by atomic mass is 10.1. The van der Waals surface area contributed by atoms with Crippen molar-refractivity contribution in [2.75, 3.05) is 5.75 Å². The van der Waals surface area contributed by atoms with Gasteiger partial charge in [0.15, 0.2) is 0 Å². The number of unbranched alkanes of at least 4 members (excludes halogenated alkanes) is 1. The molecule has 1 aliphatic carbocycles. The van der Waals surface area contributed by atoms with Gasteiger partial charge in [-0.3, -0.25) is 0 Å². The SMILES string of the molecule is OC(CCCCSc1ccccc1)C1CC1. The number of hydrogen-bond donors (Lipinski definition) is 1. The van der Waals surface area contributed by atoms with Crippen LogP contribution in [0.25, 0.3) is 0 Å². The normalized spacial score (nSPS) is 17.3. The van der Waals surface area contributed by atoms with E-state index >= 15 is 0 Å². The molecule has 2 rings (SSSR count). The van der Waals surface area contributed by atoms with E-state index in [0.29, 0.717) is 5.92 Å². The molecule has 1 unspecified atom stereocenters. The molecule has 1 N–H and O–H groups in total. The van der Waals surface area contributed by atoms with Crippen LogP contribution in [0.1, 0.15) is 32.1 Å². The lowest BCUT2D eigenvalue weighted by molar-refractivity contribution is 0.139. The third kappa shape index (κ3) is 4.18. The Kier molecular flexibility index (Phi) is 4.73. The van der Waals surface area contributed by atoms with Crippen LogP contribution < -0.4 is 0 Å². The molecule has 0 bridgehead atoms. The first kappa shape index (κ1) is 12.0. The summed E-state index contributed by atoms with van der Waals surface area (Å²) < 4.78 is 0. The van der Waals surface area contributed by atoms with Gasteiger partial charge in [0.25, 0.3) is 0 Å². The smallest absolute Gasteiger partial charge is 0.0568 e. The van der Waals surface area contributed by atoms with Gasteiger partial charge >= 0.3 is 0 Å². The molecule has 16 heavy (non-hydrogen) atoms. The summed E-state index contributed by atoms with van der Waals surface area (Å²) in [6, 6.07) is 10.5. The van der Waals surface area contributed by atoms with Gasteiger partial charge in [0, 0.05) is 4.90 Å². The Labute approximate surface area is 102 Å². The van der Waals surface area contributed by atoms with Gasteiger partial charge in [0.05, 0.1) is 6.10 Å². The van der Waals surface area contributed by atoms with Gasteiger partial charge in [-0.2, -0.15) is 0 Å². The molecular formula is C14H20OS. The van der Waals surface area contributed by atoms with Crippen molar-refractivity contribution < 1.29 is 5.11 Å². The number of aliphatic hydroxyl groups excluding tert-OH is 1. The van der Waals surface area contributed by atoms with Crippen molar-refractivity contribution in [2.45, 2.75) is 43.1 Å². The van der Waals surface area contributed by atoms with Crippen LogP contribution in [-0.4, -0.2) is 17.0 Å². The van der Waals surface area contributed by atoms with E-state index in [-0.39, 0.29) is 6.10 Å². The van der Waals surface area contributed by atoms with Crippen LogP contribution in [0, 0.1) is 5.92 Å². The van der Waals surface area contributed by atoms with Gasteiger partial charge in [0.2, 0.25) is 0 Å². The summed E-state index contributed by atoms with van der Waals surface area (Å²) in [6.45, 7) is 0. The van der Waals surface area contributed by atoms with Crippen LogP contribution in [0.4, 0.5) is 0 Å². The molecule has 0 amide bonds. The molecule has 0 radical (unpaired) electrons. The molecule has 0 spiro atoms. The second-order valence-electron chi connectivity index (χ2n) is 4.56. The number of thioether (sulfide) groups is 1. The summed E-state index contributed by atoms with van der Waals surface area (Å²) >= 11 is 1.91. The summed E-state index contributed by atoms with van der Waals surface area (Å²) in [5.74, 6) is 1.81. The molecule has 0 aliphatic heterocycles. The fourth-order valence-electron chi connectivity index (χ4n) is 1.88. The van der Waals surface area contributed by atoms with Crippen molar-refractivity contribution in [1.29, 1.82) is 0 Å². The van der Waals surface area contributed by atoms with Crippen LogP contribution in [-0.2, 0) is 0 Å². The van der Waals surface area contributed by atoms with E-state index in [4.69, 9.17) is 0 Å². The van der Waals surface area contributed by atoms with E-state index in [1.165, 1.54) is 29.9 Å². The van der Waals surface area contributed by atoms with Crippen LogP contribution in [0.5, 0.6) is 0 Å². The first-order chi connectivity index (χ1) is 7.86. The molecule has 1 aromatic carbocycles. The Hall–Kier alpha value is -0.470. The maximum atomic E-state index is 9.70. The summed E-state index contributed by atoms with van der Waals surface area (Å²) in [5.41, 5.74) is 0. The third-order valence-corrected chi connectivity index (χ3v) is 4.17. The van der Waals surface area contributed by atoms with Crippen LogP contribution in [0.15, 0.2) is 35.2 Å². The lowest BCUT2D eigenvalue weighted by Crippen LogP contribution is -2.08. The van der Waals surface area contributed by atoms with Crippen LogP contribution in [0.2, 0.25) is 0 Å². The second-order valence-corrected chi connectivity index (χ2v) is 5.73. The van der Waals surface area contributed by atoms with Crippen molar-refractivity contribution in [1.82, 2.24) is 0 Å². The van der Waals surface area contributed by atoms with E-state index in [0.717, 1.165) is 12.8 Å². The molecular weight excluding hydrogens is 216 g/mol. The molecule has 0 saturated heterocycles. The van der Waals surface area contributed by atoms with Gasteiger partial charge in [0.1, 0.15) is 0 Å². The molecule has 1 atom stereocenters. The Bertz CT molecular complexity index is 295. The molecule has 0 heterocycles. The highest BCUT2D eigenvalue weighted by Crippen LogP contribution is 2.34. The van der Waals surface area contributed by atoms with Crippen LogP contribution in [0.3, 0.4) is 0 Å². The first-order valence-corrected chi connectivity index (χ1v) is 7.21. The molecule has 1 saturated carbocycles. The lowest BCUT2D eigenvalue weighted by Gasteiger charge is -2.08. The van der Waals surface area contributed by atoms with Crippen molar-refractivity contribution in [3.8, 4) is 0 Å². The van der Waals surface area contributed by atoms with Crippen molar-refractivity contribution in [2.24, 2.45) is 5.92 Å². The van der Waals surface area contributed by atoms with Gasteiger partial charge in [-0.1, -0.05) is 24.6 Å². The molecule has 1 nitrogen and oxygen atoms in total. The zero-order valence-electron chi connectivity index (χ0n) is 9.64. The minimum atomic E-state index is -0.0123. The Morgan fingerprint density at radius 3 is 2.62 bits per heavy atom. The highest BCUT2D eigenvalue weighted by molar-refractivity contribution is 7.99. The standard InChI is InChI=1S/C14H20OS/c15-14(12-9-10-12)8-4-5-11-16-13-6-2-1-3-7-13/h1-3,6-7,12,14-15H,4-5,8-11H2. The molecule has 1 aromatic rings. The zero-order chi connectivity index (χ0) is 11.2. The summed E-state index contributed by atoms with van der Waals surface area (Å²) in [4.78, 5) is 1.35. The highest BCUT2D eigenvalue weighted by Gasteiger charge is 2.28. The fraction of sp³-hybridized carbons (Fsp3) is 0.571. The zero-order valence-corrected chi connectivity index (χ0v) is 10.5. The summed E-state index contributed by atoms with van der Waals surface area (Å²) in [6.07, 6.45) is 5.86. The van der Waals surface area contributed by atoms with Crippen molar-refractivity contribution in [3.05, 3.63) is 30.3 Å². The Morgan fingerprint density at radius 1 is 1.19 bits per heavy atom. The van der Waals surface area contributed by atoms with Crippen molar-refractivity contribution >= 4 is 11.8 Å². The molecule has 1 fully saturated rings. The van der Waals surface area contributed by atoms with Crippen molar-refractivity contribution in [3.63, 3.8) is 0 Å². The number of aliphatic hydroxyl groups is 1. The molecule has 1 aliphatic rings. The Balaban J connectivity index is 1.52. The number of rotatable bonds is 7. The van der Waals surface area contributed by atoms with Gasteiger partial charge in [-0.25, -0.2) is 0 Å². The predicted octanol–water partition coefficient (Wildman–Crippen LogP) is 3.72. The monoisotopic (exact) mass is 236 g/mol. The molecule has 2 heteroatoms. The minimum Gasteiger partial charge on any atom is -0.393 e. The molecule has 0 aromatic heterocycles. The van der Waals surface area contributed by atoms with Gasteiger partial charge in [-0.05, 0) is 49.5 Å². The van der Waals surface area contributed by atoms with E-state index in [1.54, 1.807) is 0 Å². The topological polar surface area (TPSA) is 20.2 Å². The summed E-state index contributed by atoms with van der Waals surface area (Å²) in [7, 11) is 0. The van der Waals surface area contributed by atoms with E-state index in [9.17, 15) is 5.11 Å². The van der Waals surface area contributed by atoms with E-state index < -0.39 is 0 Å². The van der Waals surface area contributed by atoms with E-state index in [1.807, 2.05) is 11.8 Å². The largest absolute Gasteiger partial charge is 0.393 e. The van der Waals surface area contributed by atoms with Crippen LogP contribution >= 0.6 is 11.8 Å². The predicted molar refractivity (Wildman–Crippen MR) is 69.7 cm³/mol. The van der Waals surface area contributed by atoms with Gasteiger partial charge in [-0.15, -0.1) is 11.8 Å². The maximum Gasteiger partial charge on any atom is 0.0568 e. The summed E-state index contributed by atoms with van der Waals surface area (Å²) in [5, 5.41) is 9.70. The fourth-order valence-corrected chi connectivity index (χ4v) is 2.81. The minimum absolute atomic E-state index is 0.0123. The maximum absolute atomic E-state index is 9.70. The van der Waals surface area contributed by atoms with E-state index in [2.05, 4.69) is 30.3 Å². The second kappa shape index (κ2) is 6.31. The quantitative estimate of drug-likeness (QED) is 0.575. The number of hydrogen-bond acceptors (Lipinski definition) is 2. The third-order valence-electron chi connectivity index (χ3n) is 3.07. The van der Waals surface area contributed by atoms with Gasteiger partial charge < -0.3 is 5.11 Å². The highest BCUT2D eigenvalue weighted by atomic mass is 32.2. The average molecular weight is 236 g/mol. The Morgan fingerprint density at radius 2 is 1.94 bits per heavy atom. The average Bonchev–Trinajstić information content (AvgIpc) is 3.13. The molecule has 88 valence electrons.